The Morgan fingerprint density at radius 2 is 1.52 bits per heavy atom. The van der Waals surface area contributed by atoms with Gasteiger partial charge in [-0.2, -0.15) is 0 Å². The Morgan fingerprint density at radius 1 is 0.875 bits per heavy atom. The molecule has 10 heteroatoms. The fraction of sp³-hybridized carbons (Fsp3) is 0.316. The summed E-state index contributed by atoms with van der Waals surface area (Å²) < 4.78 is 41.5. The number of hydrogen-bond acceptors (Lipinski definition) is 7. The van der Waals surface area contributed by atoms with Crippen molar-refractivity contribution >= 4 is 33.3 Å². The molecule has 250 valence electrons. The van der Waals surface area contributed by atoms with E-state index in [0.29, 0.717) is 55.2 Å². The molecule has 48 heavy (non-hydrogen) atoms. The number of carbonyl (C=O) groups excluding carboxylic acids is 2. The van der Waals surface area contributed by atoms with Gasteiger partial charge in [0.05, 0.1) is 17.2 Å². The highest BCUT2D eigenvalue weighted by atomic mass is 32.2. The molecule has 0 N–H and O–H groups in total. The van der Waals surface area contributed by atoms with Gasteiger partial charge in [0.25, 0.3) is 15.9 Å². The molecule has 2 heterocycles. The van der Waals surface area contributed by atoms with Crippen molar-refractivity contribution in [2.24, 2.45) is 0 Å². The van der Waals surface area contributed by atoms with Crippen LogP contribution in [0.25, 0.3) is 0 Å². The number of benzene rings is 4. The number of fused-ring (bicyclic) bond motifs is 1. The van der Waals surface area contributed by atoms with Crippen LogP contribution in [-0.4, -0.2) is 70.6 Å². The molecule has 0 spiro atoms. The summed E-state index contributed by atoms with van der Waals surface area (Å²) in [6.45, 7) is 8.47. The van der Waals surface area contributed by atoms with E-state index in [1.54, 1.807) is 19.1 Å². The number of nitrogens with zero attached hydrogens (tertiary/aromatic N) is 3. The molecule has 1 atom stereocenters. The zero-order valence-corrected chi connectivity index (χ0v) is 28.4. The Hall–Kier alpha value is -4.83. The van der Waals surface area contributed by atoms with Crippen molar-refractivity contribution < 1.29 is 27.5 Å². The topological polar surface area (TPSA) is 96.5 Å². The zero-order valence-electron chi connectivity index (χ0n) is 27.5. The molecule has 1 saturated heterocycles. The highest BCUT2D eigenvalue weighted by molar-refractivity contribution is 7.92. The molecule has 9 nitrogen and oxygen atoms in total. The monoisotopic (exact) mass is 667 g/mol. The molecule has 1 unspecified atom stereocenters. The Bertz CT molecular complexity index is 1860. The second kappa shape index (κ2) is 13.7. The maximum Gasteiger partial charge on any atom is 0.348 e. The van der Waals surface area contributed by atoms with Crippen LogP contribution in [-0.2, 0) is 31.4 Å². The van der Waals surface area contributed by atoms with E-state index in [0.717, 1.165) is 11.3 Å². The Balaban J connectivity index is 1.24. The third-order valence-electron chi connectivity index (χ3n) is 9.17. The van der Waals surface area contributed by atoms with Crippen LogP contribution in [0.4, 0.5) is 11.4 Å². The molecule has 0 bridgehead atoms. The molecule has 2 aliphatic heterocycles. The molecular weight excluding hydrogens is 627 g/mol. The minimum Gasteiger partial charge on any atom is -0.477 e. The minimum absolute atomic E-state index is 0.0304. The number of ether oxygens (including phenoxy) is 2. The third kappa shape index (κ3) is 6.62. The Morgan fingerprint density at radius 3 is 2.17 bits per heavy atom. The van der Waals surface area contributed by atoms with E-state index in [1.165, 1.54) is 10.4 Å². The summed E-state index contributed by atoms with van der Waals surface area (Å²) in [7, 11) is -4.02. The zero-order chi connectivity index (χ0) is 33.9. The minimum atomic E-state index is -4.02. The van der Waals surface area contributed by atoms with Gasteiger partial charge in [0.15, 0.2) is 0 Å². The maximum atomic E-state index is 14.4. The number of hydrogen-bond donors (Lipinski definition) is 0. The lowest BCUT2D eigenvalue weighted by atomic mass is 9.81. The van der Waals surface area contributed by atoms with Crippen LogP contribution >= 0.6 is 0 Å². The van der Waals surface area contributed by atoms with Gasteiger partial charge in [-0.3, -0.25) is 9.10 Å². The SMILES string of the molecule is CCOC(=O)C1Oc2ccc(S(=O)(=O)N(CCc3ccccc3)c3ccc(N4CCN(C(=O)c5ccccc5)CC4)cc3)cc2C1(C)C. The fourth-order valence-electron chi connectivity index (χ4n) is 6.40. The van der Waals surface area contributed by atoms with E-state index >= 15 is 0 Å². The van der Waals surface area contributed by atoms with Gasteiger partial charge in [0, 0.05) is 55.0 Å². The molecule has 0 saturated carbocycles. The van der Waals surface area contributed by atoms with Crippen LogP contribution in [0.1, 0.15) is 42.3 Å². The van der Waals surface area contributed by atoms with Gasteiger partial charge >= 0.3 is 5.97 Å². The van der Waals surface area contributed by atoms with Crippen LogP contribution in [0.3, 0.4) is 0 Å². The summed E-state index contributed by atoms with van der Waals surface area (Å²) in [6.07, 6.45) is -0.352. The molecule has 1 amide bonds. The Labute approximate surface area is 282 Å². The van der Waals surface area contributed by atoms with E-state index in [2.05, 4.69) is 4.90 Å². The van der Waals surface area contributed by atoms with Gasteiger partial charge in [-0.15, -0.1) is 0 Å². The van der Waals surface area contributed by atoms with Crippen LogP contribution in [0.5, 0.6) is 5.75 Å². The third-order valence-corrected chi connectivity index (χ3v) is 11.0. The van der Waals surface area contributed by atoms with Crippen LogP contribution in [0.2, 0.25) is 0 Å². The maximum absolute atomic E-state index is 14.4. The molecular formula is C38H41N3O6S. The smallest absolute Gasteiger partial charge is 0.348 e. The van der Waals surface area contributed by atoms with Crippen molar-refractivity contribution in [3.63, 3.8) is 0 Å². The average molecular weight is 668 g/mol. The molecule has 0 radical (unpaired) electrons. The summed E-state index contributed by atoms with van der Waals surface area (Å²) >= 11 is 0. The lowest BCUT2D eigenvalue weighted by molar-refractivity contribution is -0.153. The van der Waals surface area contributed by atoms with Crippen LogP contribution < -0.4 is 13.9 Å². The number of sulfonamides is 1. The summed E-state index contributed by atoms with van der Waals surface area (Å²) in [5, 5.41) is 0. The highest BCUT2D eigenvalue weighted by Crippen LogP contribution is 2.44. The first kappa shape index (κ1) is 33.1. The highest BCUT2D eigenvalue weighted by Gasteiger charge is 2.47. The van der Waals surface area contributed by atoms with Gasteiger partial charge in [0.2, 0.25) is 6.10 Å². The molecule has 0 aromatic heterocycles. The van der Waals surface area contributed by atoms with Gasteiger partial charge in [-0.25, -0.2) is 13.2 Å². The van der Waals surface area contributed by atoms with Crippen LogP contribution in [0.15, 0.2) is 108 Å². The predicted molar refractivity (Wildman–Crippen MR) is 186 cm³/mol. The van der Waals surface area contributed by atoms with Crippen molar-refractivity contribution in [2.75, 3.05) is 48.5 Å². The van der Waals surface area contributed by atoms with Crippen molar-refractivity contribution in [1.82, 2.24) is 4.90 Å². The lowest BCUT2D eigenvalue weighted by Gasteiger charge is -2.36. The number of piperazine rings is 1. The predicted octanol–water partition coefficient (Wildman–Crippen LogP) is 5.69. The van der Waals surface area contributed by atoms with Crippen LogP contribution in [0, 0.1) is 0 Å². The van der Waals surface area contributed by atoms with Gasteiger partial charge in [-0.1, -0.05) is 62.4 Å². The number of carbonyl (C=O) groups is 2. The quantitative estimate of drug-likeness (QED) is 0.201. The molecule has 6 rings (SSSR count). The number of anilines is 2. The normalized spacial score (nSPS) is 16.9. The molecule has 4 aromatic carbocycles. The first-order valence-electron chi connectivity index (χ1n) is 16.3. The molecule has 0 aliphatic carbocycles. The van der Waals surface area contributed by atoms with E-state index in [-0.39, 0.29) is 24.0 Å². The van der Waals surface area contributed by atoms with Gasteiger partial charge < -0.3 is 19.3 Å². The summed E-state index contributed by atoms with van der Waals surface area (Å²) in [6, 6.07) is 31.5. The standard InChI is InChI=1S/C38H41N3O6S/c1-4-46-37(43)35-38(2,3)33-27-32(19-20-34(33)47-35)48(44,45)41(22-21-28-11-7-5-8-12-28)31-17-15-30(16-18-31)39-23-25-40(26-24-39)36(42)29-13-9-6-10-14-29/h5-20,27,35H,4,21-26H2,1-3H3. The summed E-state index contributed by atoms with van der Waals surface area (Å²) in [5.74, 6) is 0.0300. The second-order valence-corrected chi connectivity index (χ2v) is 14.5. The average Bonchev–Trinajstić information content (AvgIpc) is 3.38. The summed E-state index contributed by atoms with van der Waals surface area (Å²) in [4.78, 5) is 29.8. The Kier molecular flexibility index (Phi) is 9.46. The number of esters is 1. The first-order valence-corrected chi connectivity index (χ1v) is 17.8. The van der Waals surface area contributed by atoms with Crippen molar-refractivity contribution in [3.05, 3.63) is 120 Å². The van der Waals surface area contributed by atoms with Crippen molar-refractivity contribution in [3.8, 4) is 5.75 Å². The van der Waals surface area contributed by atoms with E-state index in [1.807, 2.05) is 104 Å². The number of amides is 1. The van der Waals surface area contributed by atoms with E-state index in [4.69, 9.17) is 9.47 Å². The first-order chi connectivity index (χ1) is 23.1. The van der Waals surface area contributed by atoms with E-state index < -0.39 is 27.5 Å². The van der Waals surface area contributed by atoms with Gasteiger partial charge in [0.1, 0.15) is 5.75 Å². The van der Waals surface area contributed by atoms with Crippen molar-refractivity contribution in [2.45, 2.75) is 43.6 Å². The molecule has 2 aliphatic rings. The second-order valence-electron chi connectivity index (χ2n) is 12.6. The fourth-order valence-corrected chi connectivity index (χ4v) is 7.90. The largest absolute Gasteiger partial charge is 0.477 e. The molecule has 1 fully saturated rings. The molecule has 4 aromatic rings. The lowest BCUT2D eigenvalue weighted by Crippen LogP contribution is -2.48. The van der Waals surface area contributed by atoms with E-state index in [9.17, 15) is 18.0 Å². The van der Waals surface area contributed by atoms with Crippen molar-refractivity contribution in [1.29, 1.82) is 0 Å². The number of rotatable bonds is 10. The summed E-state index contributed by atoms with van der Waals surface area (Å²) in [5.41, 5.74) is 3.08. The van der Waals surface area contributed by atoms with Gasteiger partial charge in [-0.05, 0) is 73.5 Å².